The Morgan fingerprint density at radius 2 is 2.05 bits per heavy atom. The number of carbonyl (C=O) groups excluding carboxylic acids is 1. The van der Waals surface area contributed by atoms with Gasteiger partial charge in [0.25, 0.3) is 5.91 Å². The van der Waals surface area contributed by atoms with Crippen molar-refractivity contribution in [2.75, 3.05) is 11.1 Å². The van der Waals surface area contributed by atoms with E-state index in [0.29, 0.717) is 22.5 Å². The molecular formula is C14H10BrN3O. The fraction of sp³-hybridized carbons (Fsp3) is 0. The van der Waals surface area contributed by atoms with E-state index in [2.05, 4.69) is 21.2 Å². The van der Waals surface area contributed by atoms with Crippen molar-refractivity contribution in [2.45, 2.75) is 0 Å². The molecule has 0 saturated heterocycles. The number of nitrogens with two attached hydrogens (primary N) is 1. The minimum absolute atomic E-state index is 0.269. The first-order chi connectivity index (χ1) is 9.10. The van der Waals surface area contributed by atoms with Crippen LogP contribution in [-0.2, 0) is 0 Å². The summed E-state index contributed by atoms with van der Waals surface area (Å²) in [5, 5.41) is 11.5. The zero-order valence-corrected chi connectivity index (χ0v) is 11.4. The number of hydrogen-bond donors (Lipinski definition) is 2. The number of nitrogens with one attached hydrogen (secondary N) is 1. The molecule has 0 fully saturated rings. The Kier molecular flexibility index (Phi) is 3.83. The van der Waals surface area contributed by atoms with Gasteiger partial charge in [-0.25, -0.2) is 0 Å². The van der Waals surface area contributed by atoms with Gasteiger partial charge in [0.1, 0.15) is 0 Å². The number of nitriles is 1. The minimum Gasteiger partial charge on any atom is -0.398 e. The van der Waals surface area contributed by atoms with Crippen molar-refractivity contribution in [2.24, 2.45) is 0 Å². The van der Waals surface area contributed by atoms with Gasteiger partial charge in [0.2, 0.25) is 0 Å². The van der Waals surface area contributed by atoms with Crippen LogP contribution in [0.15, 0.2) is 46.9 Å². The highest BCUT2D eigenvalue weighted by molar-refractivity contribution is 9.10. The molecule has 0 heterocycles. The summed E-state index contributed by atoms with van der Waals surface area (Å²) in [7, 11) is 0. The second-order valence-corrected chi connectivity index (χ2v) is 4.74. The summed E-state index contributed by atoms with van der Waals surface area (Å²) in [5.41, 5.74) is 7.76. The molecule has 0 aromatic heterocycles. The van der Waals surface area contributed by atoms with Crippen molar-refractivity contribution in [3.63, 3.8) is 0 Å². The normalized spacial score (nSPS) is 9.68. The van der Waals surface area contributed by atoms with Crippen LogP contribution in [0.5, 0.6) is 0 Å². The van der Waals surface area contributed by atoms with E-state index in [-0.39, 0.29) is 5.91 Å². The minimum atomic E-state index is -0.269. The van der Waals surface area contributed by atoms with Crippen LogP contribution < -0.4 is 11.1 Å². The maximum absolute atomic E-state index is 12.0. The molecular weight excluding hydrogens is 306 g/mol. The molecule has 0 aliphatic rings. The maximum Gasteiger partial charge on any atom is 0.255 e. The number of carbonyl (C=O) groups is 1. The lowest BCUT2D eigenvalue weighted by molar-refractivity contribution is 0.102. The highest BCUT2D eigenvalue weighted by atomic mass is 79.9. The molecule has 3 N–H and O–H groups in total. The van der Waals surface area contributed by atoms with Gasteiger partial charge in [-0.3, -0.25) is 4.79 Å². The third-order valence-corrected chi connectivity index (χ3v) is 3.23. The van der Waals surface area contributed by atoms with Gasteiger partial charge in [-0.05, 0) is 52.3 Å². The maximum atomic E-state index is 12.0. The zero-order valence-electron chi connectivity index (χ0n) is 9.85. The molecule has 0 bridgehead atoms. The predicted octanol–water partition coefficient (Wildman–Crippen LogP) is 3.16. The molecule has 2 aromatic carbocycles. The summed E-state index contributed by atoms with van der Waals surface area (Å²) >= 11 is 3.27. The van der Waals surface area contributed by atoms with E-state index in [1.54, 1.807) is 42.5 Å². The van der Waals surface area contributed by atoms with Crippen LogP contribution in [0.4, 0.5) is 11.4 Å². The third-order valence-electron chi connectivity index (χ3n) is 2.51. The number of hydrogen-bond acceptors (Lipinski definition) is 3. The number of amides is 1. The Balaban J connectivity index is 2.21. The summed E-state index contributed by atoms with van der Waals surface area (Å²) in [5.74, 6) is -0.269. The lowest BCUT2D eigenvalue weighted by Gasteiger charge is -2.06. The van der Waals surface area contributed by atoms with Gasteiger partial charge in [-0.15, -0.1) is 0 Å². The van der Waals surface area contributed by atoms with Crippen LogP contribution in [0.25, 0.3) is 0 Å². The fourth-order valence-electron chi connectivity index (χ4n) is 1.55. The second kappa shape index (κ2) is 5.55. The molecule has 0 radical (unpaired) electrons. The molecule has 0 saturated carbocycles. The Hall–Kier alpha value is -2.32. The first kappa shape index (κ1) is 13.1. The topological polar surface area (TPSA) is 78.9 Å². The largest absolute Gasteiger partial charge is 0.398 e. The molecule has 94 valence electrons. The smallest absolute Gasteiger partial charge is 0.255 e. The number of anilines is 2. The summed E-state index contributed by atoms with van der Waals surface area (Å²) in [6.45, 7) is 0. The van der Waals surface area contributed by atoms with Gasteiger partial charge >= 0.3 is 0 Å². The summed E-state index contributed by atoms with van der Waals surface area (Å²) in [6.07, 6.45) is 0. The van der Waals surface area contributed by atoms with Gasteiger partial charge in [-0.1, -0.05) is 6.07 Å². The van der Waals surface area contributed by atoms with Crippen molar-refractivity contribution in [1.82, 2.24) is 0 Å². The second-order valence-electron chi connectivity index (χ2n) is 3.88. The van der Waals surface area contributed by atoms with Crippen LogP contribution >= 0.6 is 15.9 Å². The molecule has 0 unspecified atom stereocenters. The number of nitrogen functional groups attached to an aromatic ring is 1. The van der Waals surface area contributed by atoms with Gasteiger partial charge in [-0.2, -0.15) is 5.26 Å². The zero-order chi connectivity index (χ0) is 13.8. The van der Waals surface area contributed by atoms with E-state index >= 15 is 0 Å². The Morgan fingerprint density at radius 3 is 2.74 bits per heavy atom. The van der Waals surface area contributed by atoms with Gasteiger partial charge in [0, 0.05) is 21.4 Å². The molecule has 5 heteroatoms. The first-order valence-electron chi connectivity index (χ1n) is 5.46. The van der Waals surface area contributed by atoms with E-state index in [1.807, 2.05) is 6.07 Å². The van der Waals surface area contributed by atoms with Gasteiger partial charge in [0.15, 0.2) is 0 Å². The molecule has 19 heavy (non-hydrogen) atoms. The molecule has 1 amide bonds. The average Bonchev–Trinajstić information content (AvgIpc) is 2.42. The number of rotatable bonds is 2. The monoisotopic (exact) mass is 315 g/mol. The molecule has 4 nitrogen and oxygen atoms in total. The van der Waals surface area contributed by atoms with Crippen LogP contribution in [0.2, 0.25) is 0 Å². The predicted molar refractivity (Wildman–Crippen MR) is 77.7 cm³/mol. The van der Waals surface area contributed by atoms with E-state index < -0.39 is 0 Å². The van der Waals surface area contributed by atoms with E-state index in [4.69, 9.17) is 11.0 Å². The highest BCUT2D eigenvalue weighted by Gasteiger charge is 2.08. The molecule has 2 aromatic rings. The lowest BCUT2D eigenvalue weighted by Crippen LogP contribution is -2.12. The first-order valence-corrected chi connectivity index (χ1v) is 6.26. The van der Waals surface area contributed by atoms with Crippen LogP contribution in [0, 0.1) is 11.3 Å². The number of benzene rings is 2. The molecule has 0 spiro atoms. The molecule has 2 rings (SSSR count). The Morgan fingerprint density at radius 1 is 1.26 bits per heavy atom. The average molecular weight is 316 g/mol. The SMILES string of the molecule is N#Cc1cccc(NC(=O)c2ccc(Br)c(N)c2)c1. The number of nitrogens with zero attached hydrogens (tertiary/aromatic N) is 1. The van der Waals surface area contributed by atoms with E-state index in [1.165, 1.54) is 0 Å². The summed E-state index contributed by atoms with van der Waals surface area (Å²) < 4.78 is 0.746. The van der Waals surface area contributed by atoms with Crippen molar-refractivity contribution < 1.29 is 4.79 Å². The fourth-order valence-corrected chi connectivity index (χ4v) is 1.80. The van der Waals surface area contributed by atoms with Crippen molar-refractivity contribution in [3.8, 4) is 6.07 Å². The van der Waals surface area contributed by atoms with Crippen molar-refractivity contribution >= 4 is 33.2 Å². The molecule has 0 atom stereocenters. The molecule has 0 aliphatic heterocycles. The van der Waals surface area contributed by atoms with Crippen molar-refractivity contribution in [3.05, 3.63) is 58.1 Å². The lowest BCUT2D eigenvalue weighted by atomic mass is 10.1. The van der Waals surface area contributed by atoms with Gasteiger partial charge in [0.05, 0.1) is 11.6 Å². The molecule has 0 aliphatic carbocycles. The third kappa shape index (κ3) is 3.12. The highest BCUT2D eigenvalue weighted by Crippen LogP contribution is 2.21. The number of halogens is 1. The van der Waals surface area contributed by atoms with Crippen LogP contribution in [0.3, 0.4) is 0 Å². The van der Waals surface area contributed by atoms with Gasteiger partial charge < -0.3 is 11.1 Å². The van der Waals surface area contributed by atoms with Crippen LogP contribution in [0.1, 0.15) is 15.9 Å². The van der Waals surface area contributed by atoms with E-state index in [9.17, 15) is 4.79 Å². The Bertz CT molecular complexity index is 677. The quantitative estimate of drug-likeness (QED) is 0.835. The van der Waals surface area contributed by atoms with Crippen molar-refractivity contribution in [1.29, 1.82) is 5.26 Å². The standard InChI is InChI=1S/C14H10BrN3O/c15-12-5-4-10(7-13(12)17)14(19)18-11-3-1-2-9(6-11)8-16/h1-7H,17H2,(H,18,19). The Labute approximate surface area is 119 Å². The summed E-state index contributed by atoms with van der Waals surface area (Å²) in [4.78, 5) is 12.0. The summed E-state index contributed by atoms with van der Waals surface area (Å²) in [6, 6.07) is 13.7. The van der Waals surface area contributed by atoms with E-state index in [0.717, 1.165) is 4.47 Å². The van der Waals surface area contributed by atoms with Crippen LogP contribution in [-0.4, -0.2) is 5.91 Å².